The molecule has 2 heterocycles. The van der Waals surface area contributed by atoms with Crippen LogP contribution < -0.4 is 10.2 Å². The van der Waals surface area contributed by atoms with Gasteiger partial charge in [0.1, 0.15) is 0 Å². The van der Waals surface area contributed by atoms with E-state index in [2.05, 4.69) is 20.1 Å². The van der Waals surface area contributed by atoms with Crippen LogP contribution in [0.1, 0.15) is 0 Å². The third-order valence-corrected chi connectivity index (χ3v) is 3.80. The second-order valence-corrected chi connectivity index (χ2v) is 5.19. The SMILES string of the molecule is CNCC(O)CN1CCN(c2nccs2)CC1. The number of rotatable bonds is 5. The quantitative estimate of drug-likeness (QED) is 0.767. The number of nitrogens with one attached hydrogen (secondary N) is 1. The van der Waals surface area contributed by atoms with Crippen LogP contribution in [0.5, 0.6) is 0 Å². The van der Waals surface area contributed by atoms with Gasteiger partial charge in [0.05, 0.1) is 6.10 Å². The molecule has 2 rings (SSSR count). The highest BCUT2D eigenvalue weighted by atomic mass is 32.1. The maximum atomic E-state index is 9.72. The monoisotopic (exact) mass is 256 g/mol. The van der Waals surface area contributed by atoms with Crippen LogP contribution in [0.3, 0.4) is 0 Å². The number of aliphatic hydroxyl groups excluding tert-OH is 1. The molecule has 1 saturated heterocycles. The molecule has 0 aromatic carbocycles. The Labute approximate surface area is 106 Å². The molecule has 1 atom stereocenters. The van der Waals surface area contributed by atoms with Gasteiger partial charge >= 0.3 is 0 Å². The lowest BCUT2D eigenvalue weighted by Crippen LogP contribution is -2.49. The van der Waals surface area contributed by atoms with Gasteiger partial charge in [-0.2, -0.15) is 0 Å². The highest BCUT2D eigenvalue weighted by Gasteiger charge is 2.20. The Morgan fingerprint density at radius 3 is 2.82 bits per heavy atom. The van der Waals surface area contributed by atoms with E-state index in [-0.39, 0.29) is 6.10 Å². The molecule has 0 saturated carbocycles. The van der Waals surface area contributed by atoms with Gasteiger partial charge in [0.2, 0.25) is 0 Å². The lowest BCUT2D eigenvalue weighted by atomic mass is 10.2. The Balaban J connectivity index is 1.74. The molecule has 0 radical (unpaired) electrons. The number of anilines is 1. The first-order valence-electron chi connectivity index (χ1n) is 5.99. The van der Waals surface area contributed by atoms with Crippen LogP contribution in [-0.2, 0) is 0 Å². The summed E-state index contributed by atoms with van der Waals surface area (Å²) >= 11 is 1.69. The maximum absolute atomic E-state index is 9.72. The average Bonchev–Trinajstić information content (AvgIpc) is 2.84. The van der Waals surface area contributed by atoms with Gasteiger partial charge in [-0.3, -0.25) is 4.90 Å². The van der Waals surface area contributed by atoms with Crippen molar-refractivity contribution in [1.82, 2.24) is 15.2 Å². The van der Waals surface area contributed by atoms with Crippen molar-refractivity contribution in [2.45, 2.75) is 6.10 Å². The molecule has 0 aliphatic carbocycles. The van der Waals surface area contributed by atoms with Crippen molar-refractivity contribution in [3.05, 3.63) is 11.6 Å². The molecular formula is C11H20N4OS. The number of piperazine rings is 1. The fourth-order valence-electron chi connectivity index (χ4n) is 2.09. The number of nitrogens with zero attached hydrogens (tertiary/aromatic N) is 3. The molecule has 5 nitrogen and oxygen atoms in total. The number of likely N-dealkylation sites (N-methyl/N-ethyl adjacent to an activating group) is 1. The molecule has 1 aliphatic rings. The number of hydrogen-bond donors (Lipinski definition) is 2. The summed E-state index contributed by atoms with van der Waals surface area (Å²) in [5.41, 5.74) is 0. The molecule has 0 spiro atoms. The Kier molecular flexibility index (Phi) is 4.73. The maximum Gasteiger partial charge on any atom is 0.185 e. The number of hydrogen-bond acceptors (Lipinski definition) is 6. The number of aromatic nitrogens is 1. The predicted octanol–water partition coefficient (Wildman–Crippen LogP) is -0.155. The molecule has 96 valence electrons. The van der Waals surface area contributed by atoms with E-state index in [4.69, 9.17) is 0 Å². The highest BCUT2D eigenvalue weighted by molar-refractivity contribution is 7.13. The molecule has 1 fully saturated rings. The van der Waals surface area contributed by atoms with Crippen molar-refractivity contribution in [2.75, 3.05) is 51.2 Å². The molecule has 1 aromatic heterocycles. The van der Waals surface area contributed by atoms with E-state index in [0.717, 1.165) is 37.9 Å². The molecule has 2 N–H and O–H groups in total. The topological polar surface area (TPSA) is 51.6 Å². The minimum atomic E-state index is -0.272. The van der Waals surface area contributed by atoms with Crippen molar-refractivity contribution in [3.63, 3.8) is 0 Å². The smallest absolute Gasteiger partial charge is 0.185 e. The van der Waals surface area contributed by atoms with Crippen molar-refractivity contribution < 1.29 is 5.11 Å². The first-order valence-corrected chi connectivity index (χ1v) is 6.87. The third-order valence-electron chi connectivity index (χ3n) is 2.97. The second-order valence-electron chi connectivity index (χ2n) is 4.31. The highest BCUT2D eigenvalue weighted by Crippen LogP contribution is 2.18. The Morgan fingerprint density at radius 1 is 1.47 bits per heavy atom. The largest absolute Gasteiger partial charge is 0.390 e. The Morgan fingerprint density at radius 2 is 2.24 bits per heavy atom. The zero-order chi connectivity index (χ0) is 12.1. The fraction of sp³-hybridized carbons (Fsp3) is 0.727. The molecule has 0 amide bonds. The lowest BCUT2D eigenvalue weighted by molar-refractivity contribution is 0.109. The normalized spacial score (nSPS) is 19.5. The van der Waals surface area contributed by atoms with Gasteiger partial charge < -0.3 is 15.3 Å². The van der Waals surface area contributed by atoms with Gasteiger partial charge in [-0.05, 0) is 7.05 Å². The van der Waals surface area contributed by atoms with E-state index in [9.17, 15) is 5.11 Å². The second kappa shape index (κ2) is 6.30. The third kappa shape index (κ3) is 3.64. The van der Waals surface area contributed by atoms with Gasteiger partial charge in [-0.15, -0.1) is 11.3 Å². The van der Waals surface area contributed by atoms with Crippen molar-refractivity contribution in [3.8, 4) is 0 Å². The van der Waals surface area contributed by atoms with Gasteiger partial charge in [-0.1, -0.05) is 0 Å². The summed E-state index contributed by atoms with van der Waals surface area (Å²) in [4.78, 5) is 8.94. The molecule has 1 unspecified atom stereocenters. The van der Waals surface area contributed by atoms with Crippen molar-refractivity contribution in [1.29, 1.82) is 0 Å². The standard InChI is InChI=1S/C11H20N4OS/c1-12-8-10(16)9-14-3-5-15(6-4-14)11-13-2-7-17-11/h2,7,10,12,16H,3-6,8-9H2,1H3. The predicted molar refractivity (Wildman–Crippen MR) is 70.7 cm³/mol. The summed E-state index contributed by atoms with van der Waals surface area (Å²) in [6, 6.07) is 0. The van der Waals surface area contributed by atoms with E-state index in [1.165, 1.54) is 0 Å². The summed E-state index contributed by atoms with van der Waals surface area (Å²) in [5, 5.41) is 15.8. The zero-order valence-corrected chi connectivity index (χ0v) is 11.0. The number of β-amino-alcohol motifs (C(OH)–C–C–N with tert-alkyl or cyclic N) is 1. The first-order chi connectivity index (χ1) is 8.29. The average molecular weight is 256 g/mol. The summed E-state index contributed by atoms with van der Waals surface area (Å²) in [6.07, 6.45) is 1.58. The van der Waals surface area contributed by atoms with E-state index >= 15 is 0 Å². The minimum Gasteiger partial charge on any atom is -0.390 e. The fourth-order valence-corrected chi connectivity index (χ4v) is 2.79. The summed E-state index contributed by atoms with van der Waals surface area (Å²) in [5.74, 6) is 0. The van der Waals surface area contributed by atoms with Crippen molar-refractivity contribution >= 4 is 16.5 Å². The van der Waals surface area contributed by atoms with Gasteiger partial charge in [0.15, 0.2) is 5.13 Å². The Hall–Kier alpha value is -0.690. The van der Waals surface area contributed by atoms with E-state index < -0.39 is 0 Å². The van der Waals surface area contributed by atoms with Crippen LogP contribution in [0.15, 0.2) is 11.6 Å². The van der Waals surface area contributed by atoms with Crippen LogP contribution >= 0.6 is 11.3 Å². The lowest BCUT2D eigenvalue weighted by Gasteiger charge is -2.35. The van der Waals surface area contributed by atoms with E-state index in [1.807, 2.05) is 18.6 Å². The minimum absolute atomic E-state index is 0.272. The van der Waals surface area contributed by atoms with Gasteiger partial charge in [-0.25, -0.2) is 4.98 Å². The van der Waals surface area contributed by atoms with Crippen LogP contribution in [0.25, 0.3) is 0 Å². The Bertz CT molecular complexity index is 311. The molecule has 0 bridgehead atoms. The molecule has 1 aliphatic heterocycles. The van der Waals surface area contributed by atoms with Crippen LogP contribution in [0.2, 0.25) is 0 Å². The zero-order valence-electron chi connectivity index (χ0n) is 10.2. The van der Waals surface area contributed by atoms with Gasteiger partial charge in [0.25, 0.3) is 0 Å². The van der Waals surface area contributed by atoms with Crippen LogP contribution in [-0.4, -0.2) is 67.4 Å². The van der Waals surface area contributed by atoms with E-state index in [0.29, 0.717) is 6.54 Å². The number of thiazole rings is 1. The van der Waals surface area contributed by atoms with Crippen molar-refractivity contribution in [2.24, 2.45) is 0 Å². The van der Waals surface area contributed by atoms with Crippen LogP contribution in [0, 0.1) is 0 Å². The van der Waals surface area contributed by atoms with Gasteiger partial charge in [0, 0.05) is 50.8 Å². The summed E-state index contributed by atoms with van der Waals surface area (Å²) in [7, 11) is 1.86. The van der Waals surface area contributed by atoms with Crippen LogP contribution in [0.4, 0.5) is 5.13 Å². The summed E-state index contributed by atoms with van der Waals surface area (Å²) < 4.78 is 0. The number of aliphatic hydroxyl groups is 1. The molecule has 1 aromatic rings. The van der Waals surface area contributed by atoms with E-state index in [1.54, 1.807) is 11.3 Å². The molecular weight excluding hydrogens is 236 g/mol. The first kappa shape index (κ1) is 12.8. The molecule has 17 heavy (non-hydrogen) atoms. The summed E-state index contributed by atoms with van der Waals surface area (Å²) in [6.45, 7) is 5.42. The molecule has 6 heteroatoms.